The monoisotopic (exact) mass is 550 g/mol. The number of halogens is 1. The molecule has 32 heavy (non-hydrogen) atoms. The molecule has 0 radical (unpaired) electrons. The number of guanidine groups is 1. The van der Waals surface area contributed by atoms with E-state index in [2.05, 4.69) is 58.8 Å². The van der Waals surface area contributed by atoms with Crippen LogP contribution in [0.2, 0.25) is 0 Å². The fraction of sp³-hybridized carbons (Fsp3) is 0.440. The molecule has 0 saturated heterocycles. The quantitative estimate of drug-likeness (QED) is 0.269. The van der Waals surface area contributed by atoms with Crippen molar-refractivity contribution in [2.24, 2.45) is 4.99 Å². The van der Waals surface area contributed by atoms with Crippen molar-refractivity contribution in [3.63, 3.8) is 0 Å². The number of aliphatic imine (C=N–C) groups is 1. The smallest absolute Gasteiger partial charge is 0.258 e. The molecule has 1 fully saturated rings. The summed E-state index contributed by atoms with van der Waals surface area (Å²) in [7, 11) is 3.86. The molecule has 1 saturated carbocycles. The zero-order chi connectivity index (χ0) is 22.1. The number of hydrogen-bond donors (Lipinski definition) is 2. The first-order valence-electron chi connectivity index (χ1n) is 11.1. The lowest BCUT2D eigenvalue weighted by Gasteiger charge is -2.22. The Labute approximate surface area is 208 Å². The number of rotatable bonds is 10. The highest BCUT2D eigenvalue weighted by Gasteiger charge is 2.23. The summed E-state index contributed by atoms with van der Waals surface area (Å²) < 4.78 is 5.56. The topological polar surface area (TPSA) is 66.0 Å². The lowest BCUT2D eigenvalue weighted by molar-refractivity contribution is -0.123. The lowest BCUT2D eigenvalue weighted by Crippen LogP contribution is -2.39. The van der Waals surface area contributed by atoms with Gasteiger partial charge in [-0.05, 0) is 54.5 Å². The van der Waals surface area contributed by atoms with Crippen molar-refractivity contribution in [1.29, 1.82) is 0 Å². The Kier molecular flexibility index (Phi) is 10.8. The largest absolute Gasteiger partial charge is 0.484 e. The van der Waals surface area contributed by atoms with Crippen LogP contribution in [0.4, 0.5) is 0 Å². The summed E-state index contributed by atoms with van der Waals surface area (Å²) in [5, 5.41) is 6.35. The minimum absolute atomic E-state index is 0. The van der Waals surface area contributed by atoms with Crippen LogP contribution in [-0.2, 0) is 24.2 Å². The van der Waals surface area contributed by atoms with Crippen LogP contribution in [-0.4, -0.2) is 50.1 Å². The molecule has 3 rings (SSSR count). The van der Waals surface area contributed by atoms with E-state index < -0.39 is 0 Å². The summed E-state index contributed by atoms with van der Waals surface area (Å²) in [5.74, 6) is 1.54. The molecule has 2 aromatic rings. The van der Waals surface area contributed by atoms with Crippen molar-refractivity contribution in [2.45, 2.75) is 45.2 Å². The highest BCUT2D eigenvalue weighted by atomic mass is 127. The number of carbonyl (C=O) groups excluding carboxylic acids is 1. The Hall–Kier alpha value is -2.29. The van der Waals surface area contributed by atoms with Gasteiger partial charge >= 0.3 is 0 Å². The van der Waals surface area contributed by atoms with Crippen LogP contribution in [0.3, 0.4) is 0 Å². The number of nitrogens with one attached hydrogen (secondary N) is 2. The number of carbonyl (C=O) groups is 1. The molecule has 0 atom stereocenters. The molecule has 7 heteroatoms. The van der Waals surface area contributed by atoms with Crippen molar-refractivity contribution >= 4 is 35.8 Å². The summed E-state index contributed by atoms with van der Waals surface area (Å²) in [5.41, 5.74) is 3.83. The summed E-state index contributed by atoms with van der Waals surface area (Å²) in [6.07, 6.45) is 4.10. The molecule has 2 aromatic carbocycles. The summed E-state index contributed by atoms with van der Waals surface area (Å²) in [4.78, 5) is 18.2. The van der Waals surface area contributed by atoms with E-state index >= 15 is 0 Å². The number of ether oxygens (including phenoxy) is 1. The van der Waals surface area contributed by atoms with Crippen molar-refractivity contribution in [1.82, 2.24) is 15.5 Å². The van der Waals surface area contributed by atoms with Crippen LogP contribution in [0.25, 0.3) is 0 Å². The van der Waals surface area contributed by atoms with Gasteiger partial charge in [0.2, 0.25) is 0 Å². The fourth-order valence-corrected chi connectivity index (χ4v) is 3.33. The lowest BCUT2D eigenvalue weighted by atomic mass is 10.1. The van der Waals surface area contributed by atoms with Gasteiger partial charge < -0.3 is 20.3 Å². The molecule has 0 heterocycles. The van der Waals surface area contributed by atoms with E-state index in [4.69, 9.17) is 4.74 Å². The maximum Gasteiger partial charge on any atom is 0.258 e. The van der Waals surface area contributed by atoms with Gasteiger partial charge in [0.15, 0.2) is 12.6 Å². The van der Waals surface area contributed by atoms with Gasteiger partial charge in [0.1, 0.15) is 5.75 Å². The van der Waals surface area contributed by atoms with Crippen LogP contribution in [0.1, 0.15) is 36.5 Å². The van der Waals surface area contributed by atoms with E-state index in [9.17, 15) is 4.79 Å². The Balaban J connectivity index is 0.00000363. The molecule has 0 unspecified atom stereocenters. The number of nitrogens with zero attached hydrogens (tertiary/aromatic N) is 2. The van der Waals surface area contributed by atoms with Crippen molar-refractivity contribution in [2.75, 3.05) is 27.2 Å². The molecule has 6 nitrogen and oxygen atoms in total. The highest BCUT2D eigenvalue weighted by Crippen LogP contribution is 2.18. The van der Waals surface area contributed by atoms with E-state index in [1.165, 1.54) is 16.7 Å². The van der Waals surface area contributed by atoms with Gasteiger partial charge in [0.25, 0.3) is 5.91 Å². The fourth-order valence-electron chi connectivity index (χ4n) is 3.33. The van der Waals surface area contributed by atoms with Crippen LogP contribution in [0.5, 0.6) is 5.75 Å². The zero-order valence-electron chi connectivity index (χ0n) is 19.3. The van der Waals surface area contributed by atoms with Crippen LogP contribution < -0.4 is 15.4 Å². The molecule has 0 spiro atoms. The molecule has 1 aliphatic rings. The first kappa shape index (κ1) is 26.0. The van der Waals surface area contributed by atoms with E-state index in [1.54, 1.807) is 0 Å². The minimum Gasteiger partial charge on any atom is -0.484 e. The predicted molar refractivity (Wildman–Crippen MR) is 141 cm³/mol. The second-order valence-corrected chi connectivity index (χ2v) is 8.02. The van der Waals surface area contributed by atoms with Crippen LogP contribution >= 0.6 is 24.0 Å². The SMILES string of the molecule is CCc1ccc(CN(C)C(=NC)NCCc2ccc(OCC(=O)NC3CC3)cc2)cc1.I. The third-order valence-electron chi connectivity index (χ3n) is 5.36. The van der Waals surface area contributed by atoms with E-state index in [0.29, 0.717) is 11.8 Å². The van der Waals surface area contributed by atoms with E-state index in [-0.39, 0.29) is 36.5 Å². The molecule has 0 bridgehead atoms. The standard InChI is InChI=1S/C25H34N4O2.HI/c1-4-19-5-7-21(8-6-19)17-29(3)25(26-2)27-16-15-20-9-13-23(14-10-20)31-18-24(30)28-22-11-12-22;/h5-10,13-14,22H,4,11-12,15-18H2,1-3H3,(H,26,27)(H,28,30);1H. The molecule has 174 valence electrons. The van der Waals surface area contributed by atoms with Gasteiger partial charge in [0.05, 0.1) is 0 Å². The first-order chi connectivity index (χ1) is 15.1. The van der Waals surface area contributed by atoms with Gasteiger partial charge in [0, 0.05) is 33.2 Å². The number of hydrogen-bond acceptors (Lipinski definition) is 3. The van der Waals surface area contributed by atoms with Crippen molar-refractivity contribution < 1.29 is 9.53 Å². The normalized spacial score (nSPS) is 13.2. The van der Waals surface area contributed by atoms with Crippen molar-refractivity contribution in [3.05, 3.63) is 65.2 Å². The first-order valence-corrected chi connectivity index (χ1v) is 11.1. The van der Waals surface area contributed by atoms with E-state index in [1.807, 2.05) is 31.3 Å². The van der Waals surface area contributed by atoms with Crippen LogP contribution in [0.15, 0.2) is 53.5 Å². The maximum atomic E-state index is 11.7. The Morgan fingerprint density at radius 2 is 1.69 bits per heavy atom. The average Bonchev–Trinajstić information content (AvgIpc) is 3.60. The van der Waals surface area contributed by atoms with Crippen LogP contribution in [0, 0.1) is 0 Å². The molecule has 2 N–H and O–H groups in total. The molecule has 0 aliphatic heterocycles. The number of benzene rings is 2. The maximum absolute atomic E-state index is 11.7. The second-order valence-electron chi connectivity index (χ2n) is 8.02. The summed E-state index contributed by atoms with van der Waals surface area (Å²) >= 11 is 0. The molecular formula is C25H35IN4O2. The third kappa shape index (κ3) is 8.68. The van der Waals surface area contributed by atoms with E-state index in [0.717, 1.165) is 44.7 Å². The molecule has 0 aromatic heterocycles. The Bertz CT molecular complexity index is 865. The second kappa shape index (κ2) is 13.3. The minimum atomic E-state index is -0.0485. The zero-order valence-corrected chi connectivity index (χ0v) is 21.6. The Morgan fingerprint density at radius 1 is 1.06 bits per heavy atom. The Morgan fingerprint density at radius 3 is 2.28 bits per heavy atom. The summed E-state index contributed by atoms with van der Waals surface area (Å²) in [6, 6.07) is 17.0. The van der Waals surface area contributed by atoms with Gasteiger partial charge in [-0.3, -0.25) is 9.79 Å². The third-order valence-corrected chi connectivity index (χ3v) is 5.36. The van der Waals surface area contributed by atoms with Crippen molar-refractivity contribution in [3.8, 4) is 5.75 Å². The molecular weight excluding hydrogens is 515 g/mol. The average molecular weight is 550 g/mol. The number of amides is 1. The molecule has 1 amide bonds. The van der Waals surface area contributed by atoms with Gasteiger partial charge in [-0.15, -0.1) is 24.0 Å². The number of aryl methyl sites for hydroxylation is 1. The van der Waals surface area contributed by atoms with Gasteiger partial charge in [-0.25, -0.2) is 0 Å². The van der Waals surface area contributed by atoms with Gasteiger partial charge in [-0.2, -0.15) is 0 Å². The molecule has 1 aliphatic carbocycles. The predicted octanol–water partition coefficient (Wildman–Crippen LogP) is 3.77. The van der Waals surface area contributed by atoms with Gasteiger partial charge in [-0.1, -0.05) is 43.3 Å². The summed E-state index contributed by atoms with van der Waals surface area (Å²) in [6.45, 7) is 3.84. The highest BCUT2D eigenvalue weighted by molar-refractivity contribution is 14.0.